The number of nitrogens with one attached hydrogen (secondary N) is 1. The fourth-order valence-corrected chi connectivity index (χ4v) is 2.20. The third-order valence-electron chi connectivity index (χ3n) is 3.29. The van der Waals surface area contributed by atoms with Crippen molar-refractivity contribution >= 4 is 16.7 Å². The molecule has 2 rings (SSSR count). The van der Waals surface area contributed by atoms with Crippen LogP contribution in [0.25, 0.3) is 10.9 Å². The van der Waals surface area contributed by atoms with Gasteiger partial charge < -0.3 is 14.5 Å². The number of rotatable bonds is 7. The van der Waals surface area contributed by atoms with E-state index >= 15 is 0 Å². The summed E-state index contributed by atoms with van der Waals surface area (Å²) in [5.41, 5.74) is 1.70. The summed E-state index contributed by atoms with van der Waals surface area (Å²) in [5, 5.41) is 0.959. The van der Waals surface area contributed by atoms with E-state index in [9.17, 15) is 4.79 Å². The largest absolute Gasteiger partial charge is 0.360 e. The number of ether oxygens (including phenoxy) is 2. The second kappa shape index (κ2) is 6.65. The molecule has 5 nitrogen and oxygen atoms in total. The highest BCUT2D eigenvalue weighted by Gasteiger charge is 2.16. The molecular formula is C15H20N2O3. The van der Waals surface area contributed by atoms with Crippen LogP contribution in [0.2, 0.25) is 0 Å². The van der Waals surface area contributed by atoms with Crippen LogP contribution in [0.3, 0.4) is 0 Å². The molecule has 108 valence electrons. The maximum absolute atomic E-state index is 12.3. The van der Waals surface area contributed by atoms with Crippen molar-refractivity contribution in [3.8, 4) is 0 Å². The number of methoxy groups -OCH3 is 2. The molecule has 0 aliphatic heterocycles. The Hall–Kier alpha value is -1.69. The number of carbonyl (C=O) groups excluding carboxylic acids is 1. The Balaban J connectivity index is 2.05. The lowest BCUT2D eigenvalue weighted by Crippen LogP contribution is -2.35. The van der Waals surface area contributed by atoms with Crippen molar-refractivity contribution < 1.29 is 14.3 Å². The molecule has 0 unspecified atom stereocenters. The molecule has 1 heterocycles. The average Bonchev–Trinajstić information content (AvgIpc) is 2.88. The summed E-state index contributed by atoms with van der Waals surface area (Å²) in [5.74, 6) is 0.0795. The summed E-state index contributed by atoms with van der Waals surface area (Å²) >= 11 is 0. The van der Waals surface area contributed by atoms with E-state index in [1.807, 2.05) is 36.2 Å². The van der Waals surface area contributed by atoms with Gasteiger partial charge in [-0.05, 0) is 13.1 Å². The molecular weight excluding hydrogens is 256 g/mol. The van der Waals surface area contributed by atoms with Crippen LogP contribution in [0.1, 0.15) is 10.4 Å². The minimum atomic E-state index is -0.323. The van der Waals surface area contributed by atoms with E-state index < -0.39 is 0 Å². The number of nitrogens with zero attached hydrogens (tertiary/aromatic N) is 1. The topological polar surface area (TPSA) is 54.6 Å². The van der Waals surface area contributed by atoms with Crippen LogP contribution in [-0.4, -0.2) is 56.3 Å². The Bertz CT molecular complexity index is 575. The molecule has 0 saturated carbocycles. The number of Topliss-reactive ketones (excluding diaryl/α,β-unsaturated/α-hetero) is 1. The maximum atomic E-state index is 12.3. The second-order valence-corrected chi connectivity index (χ2v) is 4.77. The summed E-state index contributed by atoms with van der Waals surface area (Å²) in [7, 11) is 5.05. The van der Waals surface area contributed by atoms with Crippen molar-refractivity contribution in [1.82, 2.24) is 9.88 Å². The third kappa shape index (κ3) is 3.25. The van der Waals surface area contributed by atoms with Gasteiger partial charge in [-0.15, -0.1) is 0 Å². The first-order chi connectivity index (χ1) is 9.65. The van der Waals surface area contributed by atoms with Crippen molar-refractivity contribution in [2.24, 2.45) is 0 Å². The monoisotopic (exact) mass is 276 g/mol. The van der Waals surface area contributed by atoms with Crippen LogP contribution in [0.4, 0.5) is 0 Å². The number of fused-ring (bicyclic) bond motifs is 1. The van der Waals surface area contributed by atoms with E-state index in [1.54, 1.807) is 20.4 Å². The van der Waals surface area contributed by atoms with Gasteiger partial charge in [0.15, 0.2) is 12.1 Å². The summed E-state index contributed by atoms with van der Waals surface area (Å²) in [4.78, 5) is 17.4. The Labute approximate surface area is 118 Å². The van der Waals surface area contributed by atoms with Crippen LogP contribution in [-0.2, 0) is 9.47 Å². The molecule has 5 heteroatoms. The molecule has 0 bridgehead atoms. The zero-order valence-electron chi connectivity index (χ0n) is 12.1. The first-order valence-corrected chi connectivity index (χ1v) is 6.49. The summed E-state index contributed by atoms with van der Waals surface area (Å²) in [6.45, 7) is 0.867. The van der Waals surface area contributed by atoms with E-state index in [0.29, 0.717) is 13.1 Å². The fraction of sp³-hybridized carbons (Fsp3) is 0.400. The lowest BCUT2D eigenvalue weighted by molar-refractivity contribution is -0.112. The zero-order chi connectivity index (χ0) is 14.5. The van der Waals surface area contributed by atoms with Crippen molar-refractivity contribution in [2.45, 2.75) is 6.29 Å². The predicted molar refractivity (Wildman–Crippen MR) is 77.9 cm³/mol. The lowest BCUT2D eigenvalue weighted by Gasteiger charge is -2.21. The van der Waals surface area contributed by atoms with Gasteiger partial charge in [-0.1, -0.05) is 18.2 Å². The minimum Gasteiger partial charge on any atom is -0.360 e. The molecule has 0 amide bonds. The first-order valence-electron chi connectivity index (χ1n) is 6.49. The minimum absolute atomic E-state index is 0.0795. The van der Waals surface area contributed by atoms with E-state index in [0.717, 1.165) is 16.5 Å². The van der Waals surface area contributed by atoms with Crippen molar-refractivity contribution in [2.75, 3.05) is 34.4 Å². The fourth-order valence-electron chi connectivity index (χ4n) is 2.20. The molecule has 0 atom stereocenters. The van der Waals surface area contributed by atoms with Gasteiger partial charge in [0.25, 0.3) is 0 Å². The Morgan fingerprint density at radius 2 is 2.00 bits per heavy atom. The van der Waals surface area contributed by atoms with Gasteiger partial charge in [0.05, 0.1) is 6.54 Å². The normalized spacial score (nSPS) is 11.7. The van der Waals surface area contributed by atoms with E-state index in [4.69, 9.17) is 9.47 Å². The van der Waals surface area contributed by atoms with E-state index in [2.05, 4.69) is 4.98 Å². The molecule has 0 radical (unpaired) electrons. The number of hydrogen-bond acceptors (Lipinski definition) is 4. The Morgan fingerprint density at radius 3 is 2.70 bits per heavy atom. The van der Waals surface area contributed by atoms with Crippen LogP contribution >= 0.6 is 0 Å². The van der Waals surface area contributed by atoms with Gasteiger partial charge >= 0.3 is 0 Å². The van der Waals surface area contributed by atoms with Crippen molar-refractivity contribution in [3.63, 3.8) is 0 Å². The number of hydrogen-bond donors (Lipinski definition) is 1. The van der Waals surface area contributed by atoms with E-state index in [1.165, 1.54) is 0 Å². The van der Waals surface area contributed by atoms with E-state index in [-0.39, 0.29) is 12.1 Å². The molecule has 1 N–H and O–H groups in total. The molecule has 20 heavy (non-hydrogen) atoms. The van der Waals surface area contributed by atoms with Crippen LogP contribution in [0.5, 0.6) is 0 Å². The van der Waals surface area contributed by atoms with Gasteiger partial charge in [0.1, 0.15) is 0 Å². The summed E-state index contributed by atoms with van der Waals surface area (Å²) < 4.78 is 10.3. The number of benzene rings is 1. The first kappa shape index (κ1) is 14.7. The number of carbonyl (C=O) groups is 1. The predicted octanol–water partition coefficient (Wildman–Crippen LogP) is 1.90. The standard InChI is InChI=1S/C15H20N2O3/c1-17(10-15(19-2)20-3)9-14(18)12-8-16-13-7-5-4-6-11(12)13/h4-8,15-16H,9-10H2,1-3H3. The molecule has 0 spiro atoms. The summed E-state index contributed by atoms with van der Waals surface area (Å²) in [6, 6.07) is 7.79. The summed E-state index contributed by atoms with van der Waals surface area (Å²) in [6.07, 6.45) is 1.45. The highest BCUT2D eigenvalue weighted by atomic mass is 16.7. The van der Waals surface area contributed by atoms with Gasteiger partial charge in [-0.25, -0.2) is 0 Å². The highest BCUT2D eigenvalue weighted by molar-refractivity contribution is 6.08. The molecule has 2 aromatic rings. The van der Waals surface area contributed by atoms with Crippen LogP contribution in [0, 0.1) is 0 Å². The number of likely N-dealkylation sites (N-methyl/N-ethyl adjacent to an activating group) is 1. The van der Waals surface area contributed by atoms with Gasteiger partial charge in [0.2, 0.25) is 0 Å². The molecule has 0 fully saturated rings. The van der Waals surface area contributed by atoms with Gasteiger partial charge in [-0.3, -0.25) is 9.69 Å². The molecule has 0 aliphatic rings. The van der Waals surface area contributed by atoms with Crippen LogP contribution < -0.4 is 0 Å². The Kier molecular flexibility index (Phi) is 4.89. The average molecular weight is 276 g/mol. The second-order valence-electron chi connectivity index (χ2n) is 4.77. The number of para-hydroxylation sites is 1. The number of aromatic nitrogens is 1. The van der Waals surface area contributed by atoms with Gasteiger partial charge in [-0.2, -0.15) is 0 Å². The van der Waals surface area contributed by atoms with Gasteiger partial charge in [0, 0.05) is 43.4 Å². The quantitative estimate of drug-likeness (QED) is 0.620. The zero-order valence-corrected chi connectivity index (χ0v) is 12.1. The SMILES string of the molecule is COC(CN(C)CC(=O)c1c[nH]c2ccccc12)OC. The van der Waals surface area contributed by atoms with Crippen molar-refractivity contribution in [1.29, 1.82) is 0 Å². The molecule has 1 aromatic carbocycles. The highest BCUT2D eigenvalue weighted by Crippen LogP contribution is 2.18. The molecule has 0 saturated heterocycles. The Morgan fingerprint density at radius 1 is 1.30 bits per heavy atom. The molecule has 0 aliphatic carbocycles. The number of aromatic amines is 1. The third-order valence-corrected chi connectivity index (χ3v) is 3.29. The lowest BCUT2D eigenvalue weighted by atomic mass is 10.1. The maximum Gasteiger partial charge on any atom is 0.178 e. The number of ketones is 1. The number of H-pyrrole nitrogens is 1. The van der Waals surface area contributed by atoms with Crippen LogP contribution in [0.15, 0.2) is 30.5 Å². The smallest absolute Gasteiger partial charge is 0.178 e. The molecule has 1 aromatic heterocycles. The van der Waals surface area contributed by atoms with Crippen molar-refractivity contribution in [3.05, 3.63) is 36.0 Å².